The molecule has 0 saturated heterocycles. The Balaban J connectivity index is 1.76. The zero-order valence-electron chi connectivity index (χ0n) is 10.4. The van der Waals surface area contributed by atoms with E-state index in [4.69, 9.17) is 0 Å². The Hall–Kier alpha value is -2.37. The summed E-state index contributed by atoms with van der Waals surface area (Å²) in [4.78, 5) is 15.6. The van der Waals surface area contributed by atoms with Crippen LogP contribution in [0.2, 0.25) is 0 Å². The normalized spacial score (nSPS) is 21.3. The van der Waals surface area contributed by atoms with E-state index in [0.717, 1.165) is 11.4 Å². The Morgan fingerprint density at radius 2 is 2.05 bits per heavy atom. The molecule has 2 aliphatic heterocycles. The maximum atomic E-state index is 12.8. The van der Waals surface area contributed by atoms with E-state index in [1.807, 2.05) is 13.1 Å². The summed E-state index contributed by atoms with van der Waals surface area (Å²) in [6.45, 7) is 2.25. The third kappa shape index (κ3) is 2.05. The average Bonchev–Trinajstić information content (AvgIpc) is 2.78. The van der Waals surface area contributed by atoms with Crippen LogP contribution in [0, 0.1) is 5.82 Å². The van der Waals surface area contributed by atoms with Crippen LogP contribution in [0.1, 0.15) is 12.5 Å². The van der Waals surface area contributed by atoms with Gasteiger partial charge in [0.2, 0.25) is 6.17 Å². The molecule has 1 N–H and O–H groups in total. The van der Waals surface area contributed by atoms with Crippen molar-refractivity contribution in [3.8, 4) is 0 Å². The molecule has 1 aromatic rings. The summed E-state index contributed by atoms with van der Waals surface area (Å²) in [5, 5.41) is 4.03. The summed E-state index contributed by atoms with van der Waals surface area (Å²) in [7, 11) is 0. The molecule has 1 atom stereocenters. The Kier molecular flexibility index (Phi) is 2.70. The Labute approximate surface area is 110 Å². The number of hydrogen-bond donors (Lipinski definition) is 1. The zero-order valence-corrected chi connectivity index (χ0v) is 10.4. The summed E-state index contributed by atoms with van der Waals surface area (Å²) >= 11 is 0. The molecule has 2 heterocycles. The van der Waals surface area contributed by atoms with Crippen LogP contribution in [-0.2, 0) is 11.3 Å². The van der Waals surface area contributed by atoms with Crippen molar-refractivity contribution in [2.45, 2.75) is 19.6 Å². The zero-order chi connectivity index (χ0) is 13.4. The number of hydrogen-bond acceptors (Lipinski definition) is 4. The standard InChI is InChI=1S/C13H13FN4O/c1-9-15-16-12-13(19)17(6-7-18(9)12)8-10-2-4-11(14)5-3-10/h2-7,12,16H,8H2,1H3. The SMILES string of the molecule is CC1=NNC2C(=O)N(Cc3ccc(F)cc3)C=CN12. The topological polar surface area (TPSA) is 47.9 Å². The first-order valence-electron chi connectivity index (χ1n) is 5.96. The number of amides is 1. The number of nitrogens with one attached hydrogen (secondary N) is 1. The van der Waals surface area contributed by atoms with Gasteiger partial charge in [-0.05, 0) is 24.6 Å². The highest BCUT2D eigenvalue weighted by atomic mass is 19.1. The smallest absolute Gasteiger partial charge is 0.272 e. The Morgan fingerprint density at radius 1 is 1.32 bits per heavy atom. The van der Waals surface area contributed by atoms with Crippen LogP contribution >= 0.6 is 0 Å². The molecular formula is C13H13FN4O. The highest BCUT2D eigenvalue weighted by Gasteiger charge is 2.35. The van der Waals surface area contributed by atoms with Crippen LogP contribution in [0.25, 0.3) is 0 Å². The number of carbonyl (C=O) groups is 1. The molecule has 0 bridgehead atoms. The molecule has 0 fully saturated rings. The fraction of sp³-hybridized carbons (Fsp3) is 0.231. The molecule has 19 heavy (non-hydrogen) atoms. The van der Waals surface area contributed by atoms with Gasteiger partial charge in [-0.3, -0.25) is 10.2 Å². The fourth-order valence-electron chi connectivity index (χ4n) is 2.13. The fourth-order valence-corrected chi connectivity index (χ4v) is 2.13. The van der Waals surface area contributed by atoms with E-state index in [2.05, 4.69) is 10.5 Å². The average molecular weight is 260 g/mol. The maximum absolute atomic E-state index is 12.8. The highest BCUT2D eigenvalue weighted by molar-refractivity contribution is 5.93. The lowest BCUT2D eigenvalue weighted by Gasteiger charge is -2.31. The first kappa shape index (κ1) is 11.7. The minimum Gasteiger partial charge on any atom is -0.310 e. The molecule has 1 unspecified atom stereocenters. The number of nitrogens with zero attached hydrogens (tertiary/aromatic N) is 3. The molecule has 0 radical (unpaired) electrons. The maximum Gasteiger partial charge on any atom is 0.272 e. The number of hydrazone groups is 1. The van der Waals surface area contributed by atoms with Crippen LogP contribution in [-0.4, -0.2) is 27.7 Å². The predicted octanol–water partition coefficient (Wildman–Crippen LogP) is 1.20. The van der Waals surface area contributed by atoms with Gasteiger partial charge in [0.15, 0.2) is 0 Å². The van der Waals surface area contributed by atoms with Crippen LogP contribution in [0.5, 0.6) is 0 Å². The third-order valence-corrected chi connectivity index (χ3v) is 3.19. The van der Waals surface area contributed by atoms with Crippen molar-refractivity contribution < 1.29 is 9.18 Å². The quantitative estimate of drug-likeness (QED) is 0.869. The second kappa shape index (κ2) is 4.38. The van der Waals surface area contributed by atoms with E-state index in [9.17, 15) is 9.18 Å². The second-order valence-electron chi connectivity index (χ2n) is 4.49. The van der Waals surface area contributed by atoms with Gasteiger partial charge in [-0.1, -0.05) is 12.1 Å². The van der Waals surface area contributed by atoms with Gasteiger partial charge in [-0.2, -0.15) is 5.10 Å². The summed E-state index contributed by atoms with van der Waals surface area (Å²) < 4.78 is 12.8. The van der Waals surface area contributed by atoms with Crippen molar-refractivity contribution in [1.82, 2.24) is 15.2 Å². The molecule has 1 aromatic carbocycles. The van der Waals surface area contributed by atoms with Gasteiger partial charge in [0, 0.05) is 12.4 Å². The molecule has 98 valence electrons. The van der Waals surface area contributed by atoms with Crippen LogP contribution in [0.3, 0.4) is 0 Å². The van der Waals surface area contributed by atoms with Gasteiger partial charge >= 0.3 is 0 Å². The molecule has 1 amide bonds. The van der Waals surface area contributed by atoms with Gasteiger partial charge in [0.05, 0.1) is 6.54 Å². The molecule has 2 aliphatic rings. The van der Waals surface area contributed by atoms with Crippen molar-refractivity contribution in [3.05, 3.63) is 48.0 Å². The van der Waals surface area contributed by atoms with E-state index >= 15 is 0 Å². The summed E-state index contributed by atoms with van der Waals surface area (Å²) in [6.07, 6.45) is 3.06. The minimum absolute atomic E-state index is 0.0765. The predicted molar refractivity (Wildman–Crippen MR) is 68.0 cm³/mol. The van der Waals surface area contributed by atoms with Crippen LogP contribution in [0.15, 0.2) is 41.8 Å². The number of rotatable bonds is 2. The lowest BCUT2D eigenvalue weighted by molar-refractivity contribution is -0.134. The number of halogens is 1. The van der Waals surface area contributed by atoms with Gasteiger partial charge in [-0.25, -0.2) is 4.39 Å². The van der Waals surface area contributed by atoms with E-state index in [0.29, 0.717) is 6.54 Å². The largest absolute Gasteiger partial charge is 0.310 e. The van der Waals surface area contributed by atoms with Gasteiger partial charge in [-0.15, -0.1) is 0 Å². The van der Waals surface area contributed by atoms with E-state index in [1.165, 1.54) is 12.1 Å². The molecule has 5 nitrogen and oxygen atoms in total. The molecule has 0 aromatic heterocycles. The first-order chi connectivity index (χ1) is 9.15. The summed E-state index contributed by atoms with van der Waals surface area (Å²) in [6, 6.07) is 6.13. The Bertz CT molecular complexity index is 567. The Morgan fingerprint density at radius 3 is 2.79 bits per heavy atom. The van der Waals surface area contributed by atoms with Crippen LogP contribution < -0.4 is 5.43 Å². The van der Waals surface area contributed by atoms with E-state index in [1.54, 1.807) is 28.1 Å². The summed E-state index contributed by atoms with van der Waals surface area (Å²) in [5.74, 6) is 0.403. The molecule has 0 aliphatic carbocycles. The van der Waals surface area contributed by atoms with Gasteiger partial charge < -0.3 is 9.80 Å². The number of carbonyl (C=O) groups excluding carboxylic acids is 1. The lowest BCUT2D eigenvalue weighted by Crippen LogP contribution is -2.51. The van der Waals surface area contributed by atoms with Gasteiger partial charge in [0.25, 0.3) is 5.91 Å². The third-order valence-electron chi connectivity index (χ3n) is 3.19. The molecular weight excluding hydrogens is 247 g/mol. The monoisotopic (exact) mass is 260 g/mol. The van der Waals surface area contributed by atoms with Gasteiger partial charge in [0.1, 0.15) is 11.7 Å². The molecule has 0 saturated carbocycles. The number of fused-ring (bicyclic) bond motifs is 1. The van der Waals surface area contributed by atoms with Crippen LogP contribution in [0.4, 0.5) is 4.39 Å². The molecule has 0 spiro atoms. The first-order valence-corrected chi connectivity index (χ1v) is 5.96. The van der Waals surface area contributed by atoms with Crippen molar-refractivity contribution in [3.63, 3.8) is 0 Å². The molecule has 3 rings (SSSR count). The number of amidine groups is 1. The number of benzene rings is 1. The van der Waals surface area contributed by atoms with Crippen molar-refractivity contribution in [2.75, 3.05) is 0 Å². The second-order valence-corrected chi connectivity index (χ2v) is 4.49. The van der Waals surface area contributed by atoms with Crippen molar-refractivity contribution >= 4 is 11.7 Å². The molecule has 6 heteroatoms. The van der Waals surface area contributed by atoms with Crippen molar-refractivity contribution in [1.29, 1.82) is 0 Å². The van der Waals surface area contributed by atoms with Crippen molar-refractivity contribution in [2.24, 2.45) is 5.10 Å². The van der Waals surface area contributed by atoms with E-state index in [-0.39, 0.29) is 11.7 Å². The minimum atomic E-state index is -0.467. The summed E-state index contributed by atoms with van der Waals surface area (Å²) in [5.41, 5.74) is 3.67. The highest BCUT2D eigenvalue weighted by Crippen LogP contribution is 2.18. The lowest BCUT2D eigenvalue weighted by atomic mass is 10.2. The van der Waals surface area contributed by atoms with E-state index < -0.39 is 6.17 Å².